The summed E-state index contributed by atoms with van der Waals surface area (Å²) in [6, 6.07) is 3.00. The molecule has 0 unspecified atom stereocenters. The fourth-order valence-corrected chi connectivity index (χ4v) is 1.91. The first-order valence-electron chi connectivity index (χ1n) is 3.72. The van der Waals surface area contributed by atoms with Crippen LogP contribution in [0.5, 0.6) is 5.75 Å². The Labute approximate surface area is 95.0 Å². The van der Waals surface area contributed by atoms with E-state index in [0.717, 1.165) is 0 Å². The lowest BCUT2D eigenvalue weighted by atomic mass is 10.2. The van der Waals surface area contributed by atoms with Crippen molar-refractivity contribution >= 4 is 45.7 Å². The number of aromatic nitrogens is 1. The van der Waals surface area contributed by atoms with Crippen LogP contribution in [0.15, 0.2) is 18.3 Å². The van der Waals surface area contributed by atoms with Crippen molar-refractivity contribution in [1.82, 2.24) is 4.98 Å². The lowest BCUT2D eigenvalue weighted by Gasteiger charge is -2.04. The van der Waals surface area contributed by atoms with E-state index in [0.29, 0.717) is 26.0 Å². The Morgan fingerprint density at radius 2 is 1.79 bits per heavy atom. The maximum Gasteiger partial charge on any atom is 0.134 e. The predicted octanol–water partition coefficient (Wildman–Crippen LogP) is 3.90. The van der Waals surface area contributed by atoms with E-state index in [1.54, 1.807) is 0 Å². The van der Waals surface area contributed by atoms with Crippen LogP contribution in [-0.4, -0.2) is 10.1 Å². The van der Waals surface area contributed by atoms with Crippen molar-refractivity contribution in [3.05, 3.63) is 33.4 Å². The van der Waals surface area contributed by atoms with Gasteiger partial charge in [0.1, 0.15) is 5.75 Å². The lowest BCUT2D eigenvalue weighted by molar-refractivity contribution is 0.474. The number of hydrogen-bond donors (Lipinski definition) is 1. The van der Waals surface area contributed by atoms with Crippen LogP contribution in [0.25, 0.3) is 10.9 Å². The number of nitrogens with zero attached hydrogens (tertiary/aromatic N) is 1. The number of rotatable bonds is 0. The summed E-state index contributed by atoms with van der Waals surface area (Å²) in [5, 5.41) is 10.9. The molecule has 0 fully saturated rings. The van der Waals surface area contributed by atoms with Crippen molar-refractivity contribution in [2.24, 2.45) is 0 Å². The summed E-state index contributed by atoms with van der Waals surface area (Å²) in [5.74, 6) is 0.0257. The minimum atomic E-state index is 0.0257. The molecule has 0 saturated carbocycles. The Kier molecular flexibility index (Phi) is 2.43. The zero-order chi connectivity index (χ0) is 10.3. The van der Waals surface area contributed by atoms with Gasteiger partial charge in [0.2, 0.25) is 0 Å². The monoisotopic (exact) mass is 247 g/mol. The largest absolute Gasteiger partial charge is 0.506 e. The second-order valence-electron chi connectivity index (χ2n) is 2.74. The van der Waals surface area contributed by atoms with Gasteiger partial charge in [0.25, 0.3) is 0 Å². The van der Waals surface area contributed by atoms with E-state index in [-0.39, 0.29) is 5.75 Å². The van der Waals surface area contributed by atoms with E-state index in [4.69, 9.17) is 34.8 Å². The van der Waals surface area contributed by atoms with E-state index >= 15 is 0 Å². The van der Waals surface area contributed by atoms with Gasteiger partial charge in [0.15, 0.2) is 0 Å². The molecule has 0 spiro atoms. The van der Waals surface area contributed by atoms with E-state index in [1.807, 2.05) is 0 Å². The molecule has 0 amide bonds. The molecule has 1 aromatic carbocycles. The van der Waals surface area contributed by atoms with Gasteiger partial charge in [0, 0.05) is 5.39 Å². The Balaban J connectivity index is 2.95. The van der Waals surface area contributed by atoms with Crippen molar-refractivity contribution in [2.45, 2.75) is 0 Å². The Bertz CT molecular complexity index is 513. The highest BCUT2D eigenvalue weighted by Crippen LogP contribution is 2.35. The van der Waals surface area contributed by atoms with Crippen molar-refractivity contribution in [3.63, 3.8) is 0 Å². The van der Waals surface area contributed by atoms with E-state index in [2.05, 4.69) is 4.98 Å². The van der Waals surface area contributed by atoms with Gasteiger partial charge in [-0.15, -0.1) is 0 Å². The lowest BCUT2D eigenvalue weighted by Crippen LogP contribution is -1.82. The average molecular weight is 248 g/mol. The summed E-state index contributed by atoms with van der Waals surface area (Å²) >= 11 is 17.6. The number of fused-ring (bicyclic) bond motifs is 1. The summed E-state index contributed by atoms with van der Waals surface area (Å²) < 4.78 is 0. The fourth-order valence-electron chi connectivity index (χ4n) is 1.18. The van der Waals surface area contributed by atoms with Crippen LogP contribution in [0.2, 0.25) is 15.1 Å². The quantitative estimate of drug-likeness (QED) is 0.717. The molecule has 1 N–H and O–H groups in total. The molecule has 14 heavy (non-hydrogen) atoms. The van der Waals surface area contributed by atoms with Crippen molar-refractivity contribution < 1.29 is 5.11 Å². The zero-order valence-electron chi connectivity index (χ0n) is 6.76. The summed E-state index contributed by atoms with van der Waals surface area (Å²) in [6.45, 7) is 0. The number of aromatic hydroxyl groups is 1. The fraction of sp³-hybridized carbons (Fsp3) is 0. The van der Waals surface area contributed by atoms with Crippen LogP contribution >= 0.6 is 34.8 Å². The first kappa shape index (κ1) is 9.84. The average Bonchev–Trinajstić information content (AvgIpc) is 2.14. The van der Waals surface area contributed by atoms with Crippen LogP contribution in [0.4, 0.5) is 0 Å². The highest BCUT2D eigenvalue weighted by molar-refractivity contribution is 6.47. The molecule has 0 bridgehead atoms. The third kappa shape index (κ3) is 1.50. The molecule has 0 aliphatic carbocycles. The van der Waals surface area contributed by atoms with Gasteiger partial charge in [-0.3, -0.25) is 4.98 Å². The van der Waals surface area contributed by atoms with Gasteiger partial charge >= 0.3 is 0 Å². The molecule has 1 aromatic heterocycles. The van der Waals surface area contributed by atoms with E-state index in [9.17, 15) is 5.11 Å². The molecule has 0 radical (unpaired) electrons. The summed E-state index contributed by atoms with van der Waals surface area (Å²) in [7, 11) is 0. The van der Waals surface area contributed by atoms with Crippen LogP contribution in [0, 0.1) is 0 Å². The van der Waals surface area contributed by atoms with Crippen LogP contribution in [-0.2, 0) is 0 Å². The number of halogens is 3. The standard InChI is InChI=1S/C9H4Cl3NO/c10-6-2-7(11)9-5(8(6)12)1-4(14)3-13-9/h1-3,14H. The summed E-state index contributed by atoms with van der Waals surface area (Å²) in [6.07, 6.45) is 1.30. The number of hydrogen-bond acceptors (Lipinski definition) is 2. The van der Waals surface area contributed by atoms with Crippen molar-refractivity contribution in [3.8, 4) is 5.75 Å². The third-order valence-corrected chi connectivity index (χ3v) is 2.89. The molecule has 5 heteroatoms. The summed E-state index contributed by atoms with van der Waals surface area (Å²) in [5.41, 5.74) is 0.527. The Hall–Kier alpha value is -0.700. The minimum absolute atomic E-state index is 0.0257. The molecule has 2 aromatic rings. The molecule has 72 valence electrons. The van der Waals surface area contributed by atoms with Crippen molar-refractivity contribution in [1.29, 1.82) is 0 Å². The molecule has 2 rings (SSSR count). The normalized spacial score (nSPS) is 10.8. The predicted molar refractivity (Wildman–Crippen MR) is 58.4 cm³/mol. The smallest absolute Gasteiger partial charge is 0.134 e. The molecule has 0 saturated heterocycles. The van der Waals surface area contributed by atoms with Crippen molar-refractivity contribution in [2.75, 3.05) is 0 Å². The third-order valence-electron chi connectivity index (χ3n) is 1.80. The van der Waals surface area contributed by atoms with Crippen LogP contribution in [0.1, 0.15) is 0 Å². The zero-order valence-corrected chi connectivity index (χ0v) is 9.03. The topological polar surface area (TPSA) is 33.1 Å². The molecule has 1 heterocycles. The maximum absolute atomic E-state index is 9.23. The molecule has 2 nitrogen and oxygen atoms in total. The highest BCUT2D eigenvalue weighted by atomic mass is 35.5. The van der Waals surface area contributed by atoms with Gasteiger partial charge in [0.05, 0.1) is 26.8 Å². The van der Waals surface area contributed by atoms with Gasteiger partial charge in [-0.05, 0) is 12.1 Å². The number of pyridine rings is 1. The molecule has 0 aliphatic rings. The number of benzene rings is 1. The van der Waals surface area contributed by atoms with Gasteiger partial charge < -0.3 is 5.11 Å². The SMILES string of the molecule is Oc1cnc2c(Cl)cc(Cl)c(Cl)c2c1. The first-order chi connectivity index (χ1) is 6.59. The van der Waals surface area contributed by atoms with Gasteiger partial charge in [-0.2, -0.15) is 0 Å². The Morgan fingerprint density at radius 3 is 2.50 bits per heavy atom. The van der Waals surface area contributed by atoms with E-state index in [1.165, 1.54) is 18.3 Å². The van der Waals surface area contributed by atoms with Gasteiger partial charge in [-0.1, -0.05) is 34.8 Å². The second kappa shape index (κ2) is 3.46. The molecular formula is C9H4Cl3NO. The molecule has 0 aliphatic heterocycles. The second-order valence-corrected chi connectivity index (χ2v) is 3.94. The molecular weight excluding hydrogens is 244 g/mol. The van der Waals surface area contributed by atoms with Gasteiger partial charge in [-0.25, -0.2) is 0 Å². The van der Waals surface area contributed by atoms with E-state index < -0.39 is 0 Å². The van der Waals surface area contributed by atoms with Crippen LogP contribution < -0.4 is 0 Å². The highest BCUT2D eigenvalue weighted by Gasteiger charge is 2.09. The minimum Gasteiger partial charge on any atom is -0.506 e. The van der Waals surface area contributed by atoms with Crippen LogP contribution in [0.3, 0.4) is 0 Å². The Morgan fingerprint density at radius 1 is 1.07 bits per heavy atom. The summed E-state index contributed by atoms with van der Waals surface area (Å²) in [4.78, 5) is 3.96. The molecule has 0 atom stereocenters. The first-order valence-corrected chi connectivity index (χ1v) is 4.85. The maximum atomic E-state index is 9.23.